The molecule has 0 spiro atoms. The SMILES string of the molecule is CN(C)c1ccc2c(c1)N(c1ccccc1)c1cc(N)ccc1N2. The number of fused-ring (bicyclic) bond motifs is 2. The first-order valence-corrected chi connectivity index (χ1v) is 7.96. The van der Waals surface area contributed by atoms with Gasteiger partial charge in [-0.05, 0) is 48.5 Å². The van der Waals surface area contributed by atoms with Crippen LogP contribution in [-0.4, -0.2) is 14.1 Å². The highest BCUT2D eigenvalue weighted by Gasteiger charge is 2.24. The third-order valence-corrected chi connectivity index (χ3v) is 4.29. The van der Waals surface area contributed by atoms with E-state index in [2.05, 4.69) is 71.7 Å². The molecular formula is C20H20N4. The number of benzene rings is 3. The first-order valence-electron chi connectivity index (χ1n) is 7.96. The van der Waals surface area contributed by atoms with E-state index in [-0.39, 0.29) is 0 Å². The molecule has 3 aromatic rings. The van der Waals surface area contributed by atoms with Gasteiger partial charge in [-0.25, -0.2) is 0 Å². The van der Waals surface area contributed by atoms with E-state index in [1.165, 1.54) is 0 Å². The smallest absolute Gasteiger partial charge is 0.0718 e. The molecule has 0 aliphatic carbocycles. The Labute approximate surface area is 142 Å². The van der Waals surface area contributed by atoms with Crippen LogP contribution in [-0.2, 0) is 0 Å². The van der Waals surface area contributed by atoms with Crippen LogP contribution in [0, 0.1) is 0 Å². The van der Waals surface area contributed by atoms with Gasteiger partial charge in [0.2, 0.25) is 0 Å². The molecule has 0 aromatic heterocycles. The van der Waals surface area contributed by atoms with Crippen molar-refractivity contribution in [3.05, 3.63) is 66.7 Å². The van der Waals surface area contributed by atoms with Gasteiger partial charge in [0.05, 0.1) is 22.7 Å². The lowest BCUT2D eigenvalue weighted by molar-refractivity contribution is 1.13. The number of nitrogens with zero attached hydrogens (tertiary/aromatic N) is 2. The first kappa shape index (κ1) is 14.5. The van der Waals surface area contributed by atoms with Crippen molar-refractivity contribution >= 4 is 39.8 Å². The Morgan fingerprint density at radius 2 is 1.50 bits per heavy atom. The minimum atomic E-state index is 0.753. The second kappa shape index (κ2) is 5.49. The molecule has 0 fully saturated rings. The van der Waals surface area contributed by atoms with Crippen molar-refractivity contribution in [3.8, 4) is 0 Å². The number of rotatable bonds is 2. The number of nitrogens with two attached hydrogens (primary N) is 1. The number of anilines is 7. The van der Waals surface area contributed by atoms with Crippen molar-refractivity contribution in [2.24, 2.45) is 0 Å². The molecular weight excluding hydrogens is 296 g/mol. The molecule has 0 unspecified atom stereocenters. The molecule has 3 N–H and O–H groups in total. The molecule has 4 nitrogen and oxygen atoms in total. The van der Waals surface area contributed by atoms with Crippen molar-refractivity contribution in [1.29, 1.82) is 0 Å². The van der Waals surface area contributed by atoms with Crippen LogP contribution in [0.1, 0.15) is 0 Å². The van der Waals surface area contributed by atoms with E-state index in [0.717, 1.165) is 39.8 Å². The zero-order valence-corrected chi connectivity index (χ0v) is 13.8. The zero-order chi connectivity index (χ0) is 16.7. The first-order chi connectivity index (χ1) is 11.6. The number of hydrogen-bond acceptors (Lipinski definition) is 4. The maximum atomic E-state index is 6.06. The highest BCUT2D eigenvalue weighted by atomic mass is 15.2. The fourth-order valence-electron chi connectivity index (χ4n) is 3.06. The lowest BCUT2D eigenvalue weighted by atomic mass is 10.1. The van der Waals surface area contributed by atoms with E-state index in [4.69, 9.17) is 5.73 Å². The second-order valence-corrected chi connectivity index (χ2v) is 6.17. The van der Waals surface area contributed by atoms with Crippen LogP contribution in [0.4, 0.5) is 39.8 Å². The Hall–Kier alpha value is -3.14. The number of hydrogen-bond donors (Lipinski definition) is 2. The summed E-state index contributed by atoms with van der Waals surface area (Å²) in [6.45, 7) is 0. The average molecular weight is 316 g/mol. The summed E-state index contributed by atoms with van der Waals surface area (Å²) in [5.74, 6) is 0. The van der Waals surface area contributed by atoms with Gasteiger partial charge in [-0.15, -0.1) is 0 Å². The Morgan fingerprint density at radius 1 is 0.833 bits per heavy atom. The summed E-state index contributed by atoms with van der Waals surface area (Å²) < 4.78 is 0. The Bertz CT molecular complexity index is 887. The van der Waals surface area contributed by atoms with Gasteiger partial charge >= 0.3 is 0 Å². The number of para-hydroxylation sites is 1. The lowest BCUT2D eigenvalue weighted by Crippen LogP contribution is -2.19. The summed E-state index contributed by atoms with van der Waals surface area (Å²) in [5.41, 5.74) is 13.4. The van der Waals surface area contributed by atoms with E-state index < -0.39 is 0 Å². The molecule has 1 aliphatic rings. The average Bonchev–Trinajstić information content (AvgIpc) is 2.60. The van der Waals surface area contributed by atoms with Gasteiger partial charge in [0.15, 0.2) is 0 Å². The normalized spacial score (nSPS) is 12.2. The fraction of sp³-hybridized carbons (Fsp3) is 0.100. The molecule has 24 heavy (non-hydrogen) atoms. The molecule has 4 heteroatoms. The molecule has 0 saturated carbocycles. The third-order valence-electron chi connectivity index (χ3n) is 4.29. The highest BCUT2D eigenvalue weighted by molar-refractivity contribution is 5.98. The van der Waals surface area contributed by atoms with Gasteiger partial charge in [0.1, 0.15) is 0 Å². The minimum Gasteiger partial charge on any atom is -0.399 e. The Balaban J connectivity index is 1.96. The highest BCUT2D eigenvalue weighted by Crippen LogP contribution is 2.49. The molecule has 120 valence electrons. The van der Waals surface area contributed by atoms with Crippen LogP contribution in [0.2, 0.25) is 0 Å². The van der Waals surface area contributed by atoms with Crippen LogP contribution in [0.15, 0.2) is 66.7 Å². The summed E-state index contributed by atoms with van der Waals surface area (Å²) in [5, 5.41) is 3.52. The standard InChI is InChI=1S/C20H20N4/c1-23(2)16-9-11-18-20(13-16)24(15-6-4-3-5-7-15)19-12-14(21)8-10-17(19)22-18/h3-13,22H,21H2,1-2H3. The predicted molar refractivity (Wildman–Crippen MR) is 103 cm³/mol. The molecule has 1 heterocycles. The fourth-order valence-corrected chi connectivity index (χ4v) is 3.06. The van der Waals surface area contributed by atoms with Crippen molar-refractivity contribution in [1.82, 2.24) is 0 Å². The van der Waals surface area contributed by atoms with Crippen molar-refractivity contribution in [2.75, 3.05) is 34.9 Å². The van der Waals surface area contributed by atoms with Crippen molar-refractivity contribution < 1.29 is 0 Å². The second-order valence-electron chi connectivity index (χ2n) is 6.17. The quantitative estimate of drug-likeness (QED) is 0.518. The maximum Gasteiger partial charge on any atom is 0.0718 e. The monoisotopic (exact) mass is 316 g/mol. The zero-order valence-electron chi connectivity index (χ0n) is 13.8. The summed E-state index contributed by atoms with van der Waals surface area (Å²) in [7, 11) is 4.10. The van der Waals surface area contributed by atoms with Crippen LogP contribution in [0.3, 0.4) is 0 Å². The van der Waals surface area contributed by atoms with Gasteiger partial charge in [-0.3, -0.25) is 0 Å². The maximum absolute atomic E-state index is 6.06. The molecule has 4 rings (SSSR count). The van der Waals surface area contributed by atoms with Gasteiger partial charge in [0.25, 0.3) is 0 Å². The van der Waals surface area contributed by atoms with Crippen LogP contribution in [0.5, 0.6) is 0 Å². The molecule has 0 radical (unpaired) electrons. The predicted octanol–water partition coefficient (Wildman–Crippen LogP) is 4.86. The van der Waals surface area contributed by atoms with E-state index in [1.807, 2.05) is 24.3 Å². The van der Waals surface area contributed by atoms with Crippen molar-refractivity contribution in [2.45, 2.75) is 0 Å². The topological polar surface area (TPSA) is 44.5 Å². The van der Waals surface area contributed by atoms with Crippen molar-refractivity contribution in [3.63, 3.8) is 0 Å². The molecule has 0 saturated heterocycles. The largest absolute Gasteiger partial charge is 0.399 e. The van der Waals surface area contributed by atoms with Crippen LogP contribution < -0.4 is 20.9 Å². The Kier molecular flexibility index (Phi) is 3.31. The van der Waals surface area contributed by atoms with Gasteiger partial charge in [0, 0.05) is 31.2 Å². The van der Waals surface area contributed by atoms with E-state index >= 15 is 0 Å². The van der Waals surface area contributed by atoms with Crippen LogP contribution in [0.25, 0.3) is 0 Å². The summed E-state index contributed by atoms with van der Waals surface area (Å²) in [6.07, 6.45) is 0. The summed E-state index contributed by atoms with van der Waals surface area (Å²) in [6, 6.07) is 22.8. The van der Waals surface area contributed by atoms with E-state index in [1.54, 1.807) is 0 Å². The number of nitrogens with one attached hydrogen (secondary N) is 1. The van der Waals surface area contributed by atoms with Gasteiger partial charge < -0.3 is 20.9 Å². The Morgan fingerprint density at radius 3 is 2.21 bits per heavy atom. The van der Waals surface area contributed by atoms with Crippen LogP contribution >= 0.6 is 0 Å². The van der Waals surface area contributed by atoms with Gasteiger partial charge in [-0.2, -0.15) is 0 Å². The third kappa shape index (κ3) is 2.33. The van der Waals surface area contributed by atoms with Gasteiger partial charge in [-0.1, -0.05) is 18.2 Å². The molecule has 0 atom stereocenters. The van der Waals surface area contributed by atoms with E-state index in [9.17, 15) is 0 Å². The molecule has 0 amide bonds. The van der Waals surface area contributed by atoms with E-state index in [0.29, 0.717) is 0 Å². The lowest BCUT2D eigenvalue weighted by Gasteiger charge is -2.35. The molecule has 0 bridgehead atoms. The molecule has 3 aromatic carbocycles. The molecule has 1 aliphatic heterocycles. The summed E-state index contributed by atoms with van der Waals surface area (Å²) in [4.78, 5) is 4.36. The summed E-state index contributed by atoms with van der Waals surface area (Å²) >= 11 is 0. The number of nitrogen functional groups attached to an aromatic ring is 1. The minimum absolute atomic E-state index is 0.753.